The summed E-state index contributed by atoms with van der Waals surface area (Å²) in [5.41, 5.74) is 0. The molecule has 1 fully saturated rings. The summed E-state index contributed by atoms with van der Waals surface area (Å²) in [4.78, 5) is 7.04. The minimum Gasteiger partial charge on any atom is -0.314 e. The number of fused-ring (bicyclic) bond motifs is 1. The van der Waals surface area contributed by atoms with Gasteiger partial charge in [0.25, 0.3) is 0 Å². The zero-order valence-electron chi connectivity index (χ0n) is 7.83. The summed E-state index contributed by atoms with van der Waals surface area (Å²) >= 11 is 0. The number of rotatable bonds is 1. The molecule has 0 saturated carbocycles. The van der Waals surface area contributed by atoms with Crippen LogP contribution in [-0.4, -0.2) is 43.0 Å². The van der Waals surface area contributed by atoms with Gasteiger partial charge in [-0.05, 0) is 5.92 Å². The summed E-state index contributed by atoms with van der Waals surface area (Å²) < 4.78 is 0. The Morgan fingerprint density at radius 3 is 3.17 bits per heavy atom. The van der Waals surface area contributed by atoms with Crippen molar-refractivity contribution in [3.05, 3.63) is 0 Å². The predicted octanol–water partition coefficient (Wildman–Crippen LogP) is 0.327. The van der Waals surface area contributed by atoms with Gasteiger partial charge in [0, 0.05) is 25.8 Å². The standard InChI is InChI=1S/C9H17N3/c1-7(2)9-11-6-8-5-10-3-4-12(8)9/h6-10H,3-5H2,1-2H3. The van der Waals surface area contributed by atoms with E-state index < -0.39 is 0 Å². The van der Waals surface area contributed by atoms with Crippen molar-refractivity contribution in [1.82, 2.24) is 10.2 Å². The third-order valence-electron chi connectivity index (χ3n) is 2.67. The molecule has 3 nitrogen and oxygen atoms in total. The number of hydrogen-bond donors (Lipinski definition) is 1. The fraction of sp³-hybridized carbons (Fsp3) is 0.889. The molecule has 2 unspecified atom stereocenters. The Balaban J connectivity index is 2.05. The van der Waals surface area contributed by atoms with Crippen LogP contribution in [0, 0.1) is 5.92 Å². The molecule has 68 valence electrons. The van der Waals surface area contributed by atoms with Crippen LogP contribution >= 0.6 is 0 Å². The van der Waals surface area contributed by atoms with Gasteiger partial charge in [-0.3, -0.25) is 9.89 Å². The lowest BCUT2D eigenvalue weighted by molar-refractivity contribution is 0.137. The molecule has 1 saturated heterocycles. The van der Waals surface area contributed by atoms with Crippen LogP contribution in [0.15, 0.2) is 4.99 Å². The van der Waals surface area contributed by atoms with Crippen molar-refractivity contribution in [2.45, 2.75) is 26.1 Å². The molecule has 2 aliphatic heterocycles. The second-order valence-electron chi connectivity index (χ2n) is 3.97. The van der Waals surface area contributed by atoms with Crippen LogP contribution in [0.2, 0.25) is 0 Å². The van der Waals surface area contributed by atoms with Crippen molar-refractivity contribution in [3.63, 3.8) is 0 Å². The molecule has 0 bridgehead atoms. The Morgan fingerprint density at radius 2 is 2.42 bits per heavy atom. The van der Waals surface area contributed by atoms with Gasteiger partial charge in [-0.15, -0.1) is 0 Å². The Labute approximate surface area is 73.9 Å². The first-order valence-electron chi connectivity index (χ1n) is 4.79. The highest BCUT2D eigenvalue weighted by molar-refractivity contribution is 5.67. The zero-order valence-corrected chi connectivity index (χ0v) is 7.83. The minimum absolute atomic E-state index is 0.442. The molecule has 2 rings (SSSR count). The summed E-state index contributed by atoms with van der Waals surface area (Å²) in [5.74, 6) is 0.643. The van der Waals surface area contributed by atoms with Gasteiger partial charge >= 0.3 is 0 Å². The van der Waals surface area contributed by atoms with E-state index in [9.17, 15) is 0 Å². The monoisotopic (exact) mass is 167 g/mol. The molecule has 0 aliphatic carbocycles. The maximum absolute atomic E-state index is 4.54. The number of nitrogens with zero attached hydrogens (tertiary/aromatic N) is 2. The van der Waals surface area contributed by atoms with Crippen molar-refractivity contribution in [3.8, 4) is 0 Å². The van der Waals surface area contributed by atoms with Gasteiger partial charge < -0.3 is 5.32 Å². The fourth-order valence-electron chi connectivity index (χ4n) is 2.04. The molecular formula is C9H17N3. The van der Waals surface area contributed by atoms with E-state index >= 15 is 0 Å². The molecule has 0 spiro atoms. The smallest absolute Gasteiger partial charge is 0.104 e. The molecule has 3 heteroatoms. The average Bonchev–Trinajstić information content (AvgIpc) is 2.47. The lowest BCUT2D eigenvalue weighted by Gasteiger charge is -2.34. The van der Waals surface area contributed by atoms with E-state index in [1.165, 1.54) is 0 Å². The largest absolute Gasteiger partial charge is 0.314 e. The van der Waals surface area contributed by atoms with Crippen molar-refractivity contribution in [2.75, 3.05) is 19.6 Å². The summed E-state index contributed by atoms with van der Waals surface area (Å²) in [6, 6.07) is 0.561. The second kappa shape index (κ2) is 3.15. The maximum atomic E-state index is 4.54. The molecule has 2 aliphatic rings. The zero-order chi connectivity index (χ0) is 8.55. The molecule has 0 amide bonds. The van der Waals surface area contributed by atoms with Crippen LogP contribution in [0.25, 0.3) is 0 Å². The summed E-state index contributed by atoms with van der Waals surface area (Å²) in [6.07, 6.45) is 2.55. The van der Waals surface area contributed by atoms with Crippen molar-refractivity contribution in [2.24, 2.45) is 10.9 Å². The molecule has 1 N–H and O–H groups in total. The molecule has 12 heavy (non-hydrogen) atoms. The number of aliphatic imine (C=N–C) groups is 1. The number of nitrogens with one attached hydrogen (secondary N) is 1. The normalized spacial score (nSPS) is 35.9. The van der Waals surface area contributed by atoms with Gasteiger partial charge in [0.2, 0.25) is 0 Å². The number of piperazine rings is 1. The highest BCUT2D eigenvalue weighted by Gasteiger charge is 2.33. The lowest BCUT2D eigenvalue weighted by atomic mass is 10.1. The average molecular weight is 167 g/mol. The highest BCUT2D eigenvalue weighted by Crippen LogP contribution is 2.20. The molecule has 2 heterocycles. The van der Waals surface area contributed by atoms with E-state index in [1.54, 1.807) is 0 Å². The van der Waals surface area contributed by atoms with E-state index in [-0.39, 0.29) is 0 Å². The summed E-state index contributed by atoms with van der Waals surface area (Å²) in [6.45, 7) is 7.82. The van der Waals surface area contributed by atoms with Crippen LogP contribution in [0.3, 0.4) is 0 Å². The minimum atomic E-state index is 0.442. The van der Waals surface area contributed by atoms with Crippen molar-refractivity contribution in [1.29, 1.82) is 0 Å². The van der Waals surface area contributed by atoms with Crippen LogP contribution in [-0.2, 0) is 0 Å². The Morgan fingerprint density at radius 1 is 1.58 bits per heavy atom. The Kier molecular flexibility index (Phi) is 2.15. The Hall–Kier alpha value is -0.410. The van der Waals surface area contributed by atoms with E-state index in [0.717, 1.165) is 19.6 Å². The highest BCUT2D eigenvalue weighted by atomic mass is 15.3. The molecular weight excluding hydrogens is 150 g/mol. The first-order chi connectivity index (χ1) is 5.79. The van der Waals surface area contributed by atoms with Gasteiger partial charge in [-0.2, -0.15) is 0 Å². The SMILES string of the molecule is CC(C)C1N=CC2CNCCN21. The summed E-state index contributed by atoms with van der Waals surface area (Å²) in [5, 5.41) is 3.38. The van der Waals surface area contributed by atoms with E-state index in [2.05, 4.69) is 35.3 Å². The quantitative estimate of drug-likeness (QED) is 0.609. The summed E-state index contributed by atoms with van der Waals surface area (Å²) in [7, 11) is 0. The van der Waals surface area contributed by atoms with Gasteiger partial charge in [-0.1, -0.05) is 13.8 Å². The molecule has 2 atom stereocenters. The van der Waals surface area contributed by atoms with Crippen LogP contribution in [0.4, 0.5) is 0 Å². The van der Waals surface area contributed by atoms with Crippen LogP contribution < -0.4 is 5.32 Å². The molecule has 0 aromatic carbocycles. The first kappa shape index (κ1) is 8.20. The van der Waals surface area contributed by atoms with Crippen LogP contribution in [0.5, 0.6) is 0 Å². The maximum Gasteiger partial charge on any atom is 0.104 e. The third-order valence-corrected chi connectivity index (χ3v) is 2.67. The van der Waals surface area contributed by atoms with Crippen molar-refractivity contribution < 1.29 is 0 Å². The van der Waals surface area contributed by atoms with E-state index in [4.69, 9.17) is 0 Å². The third kappa shape index (κ3) is 1.27. The molecule has 0 aromatic rings. The molecule has 0 aromatic heterocycles. The topological polar surface area (TPSA) is 27.6 Å². The second-order valence-corrected chi connectivity index (χ2v) is 3.97. The fourth-order valence-corrected chi connectivity index (χ4v) is 2.04. The van der Waals surface area contributed by atoms with Crippen LogP contribution in [0.1, 0.15) is 13.8 Å². The number of hydrogen-bond acceptors (Lipinski definition) is 3. The Bertz CT molecular complexity index is 188. The van der Waals surface area contributed by atoms with Gasteiger partial charge in [-0.25, -0.2) is 0 Å². The molecule has 0 radical (unpaired) electrons. The predicted molar refractivity (Wildman–Crippen MR) is 50.5 cm³/mol. The van der Waals surface area contributed by atoms with Gasteiger partial charge in [0.05, 0.1) is 6.04 Å². The van der Waals surface area contributed by atoms with Gasteiger partial charge in [0.15, 0.2) is 0 Å². The lowest BCUT2D eigenvalue weighted by Crippen LogP contribution is -2.53. The van der Waals surface area contributed by atoms with E-state index in [1.807, 2.05) is 0 Å². The first-order valence-corrected chi connectivity index (χ1v) is 4.79. The van der Waals surface area contributed by atoms with E-state index in [0.29, 0.717) is 18.1 Å². The van der Waals surface area contributed by atoms with Gasteiger partial charge in [0.1, 0.15) is 6.17 Å². The van der Waals surface area contributed by atoms with Crippen molar-refractivity contribution >= 4 is 6.21 Å².